The lowest BCUT2D eigenvalue weighted by molar-refractivity contribution is -0.110. The normalized spacial score (nSPS) is 25.9. The lowest BCUT2D eigenvalue weighted by atomic mass is 9.84. The average molecular weight is 241 g/mol. The van der Waals surface area contributed by atoms with Gasteiger partial charge < -0.3 is 19.5 Å². The van der Waals surface area contributed by atoms with Crippen LogP contribution in [0, 0.1) is 0 Å². The lowest BCUT2D eigenvalue weighted by Gasteiger charge is -2.43. The van der Waals surface area contributed by atoms with Gasteiger partial charge in [0.1, 0.15) is 5.76 Å². The molecule has 2 heterocycles. The minimum Gasteiger partial charge on any atom is -0.496 e. The SMILES string of the molecule is CNC(C1=CCCCO1)C1(OC)CCOCC1. The van der Waals surface area contributed by atoms with Crippen molar-refractivity contribution in [3.63, 3.8) is 0 Å². The van der Waals surface area contributed by atoms with E-state index in [0.717, 1.165) is 51.3 Å². The highest BCUT2D eigenvalue weighted by molar-refractivity contribution is 5.14. The summed E-state index contributed by atoms with van der Waals surface area (Å²) >= 11 is 0. The van der Waals surface area contributed by atoms with E-state index in [1.165, 1.54) is 0 Å². The lowest BCUT2D eigenvalue weighted by Crippen LogP contribution is -2.55. The molecule has 17 heavy (non-hydrogen) atoms. The first-order valence-corrected chi connectivity index (χ1v) is 6.45. The highest BCUT2D eigenvalue weighted by Crippen LogP contribution is 2.33. The second-order valence-electron chi connectivity index (χ2n) is 4.70. The standard InChI is InChI=1S/C13H23NO3/c1-14-12(11-5-3-4-8-17-11)13(15-2)6-9-16-10-7-13/h5,12,14H,3-4,6-10H2,1-2H3. The van der Waals surface area contributed by atoms with Gasteiger partial charge in [0, 0.05) is 33.2 Å². The molecule has 0 amide bonds. The van der Waals surface area contributed by atoms with E-state index in [4.69, 9.17) is 14.2 Å². The number of methoxy groups -OCH3 is 1. The number of rotatable bonds is 4. The van der Waals surface area contributed by atoms with Crippen molar-refractivity contribution in [2.45, 2.75) is 37.3 Å². The zero-order chi connectivity index (χ0) is 12.1. The molecule has 2 rings (SSSR count). The average Bonchev–Trinajstić information content (AvgIpc) is 2.42. The molecule has 0 aromatic heterocycles. The van der Waals surface area contributed by atoms with Crippen molar-refractivity contribution in [1.82, 2.24) is 5.32 Å². The third-order valence-electron chi connectivity index (χ3n) is 3.81. The van der Waals surface area contributed by atoms with E-state index in [2.05, 4.69) is 11.4 Å². The molecule has 2 aliphatic heterocycles. The minimum atomic E-state index is -0.184. The fraction of sp³-hybridized carbons (Fsp3) is 0.846. The van der Waals surface area contributed by atoms with E-state index in [-0.39, 0.29) is 11.6 Å². The zero-order valence-electron chi connectivity index (χ0n) is 10.8. The maximum absolute atomic E-state index is 5.82. The topological polar surface area (TPSA) is 39.7 Å². The molecule has 98 valence electrons. The van der Waals surface area contributed by atoms with Crippen LogP contribution in [0.15, 0.2) is 11.8 Å². The Labute approximate surface area is 103 Å². The molecule has 1 fully saturated rings. The number of hydrogen-bond donors (Lipinski definition) is 1. The summed E-state index contributed by atoms with van der Waals surface area (Å²) in [6, 6.07) is 0.136. The van der Waals surface area contributed by atoms with Crippen LogP contribution in [0.1, 0.15) is 25.7 Å². The van der Waals surface area contributed by atoms with Crippen LogP contribution < -0.4 is 5.32 Å². The first-order valence-electron chi connectivity index (χ1n) is 6.45. The Morgan fingerprint density at radius 3 is 2.65 bits per heavy atom. The molecule has 0 bridgehead atoms. The Balaban J connectivity index is 2.16. The van der Waals surface area contributed by atoms with Crippen molar-refractivity contribution in [2.24, 2.45) is 0 Å². The van der Waals surface area contributed by atoms with E-state index in [1.807, 2.05) is 7.05 Å². The molecule has 0 spiro atoms. The maximum atomic E-state index is 5.82. The molecule has 0 aromatic carbocycles. The predicted octanol–water partition coefficient (Wildman–Crippen LogP) is 1.46. The fourth-order valence-electron chi connectivity index (χ4n) is 2.77. The van der Waals surface area contributed by atoms with Crippen molar-refractivity contribution in [2.75, 3.05) is 34.0 Å². The third-order valence-corrected chi connectivity index (χ3v) is 3.81. The number of nitrogens with one attached hydrogen (secondary N) is 1. The van der Waals surface area contributed by atoms with Crippen molar-refractivity contribution in [3.05, 3.63) is 11.8 Å². The molecule has 1 saturated heterocycles. The van der Waals surface area contributed by atoms with E-state index < -0.39 is 0 Å². The monoisotopic (exact) mass is 241 g/mol. The number of ether oxygens (including phenoxy) is 3. The Hall–Kier alpha value is -0.580. The summed E-state index contributed by atoms with van der Waals surface area (Å²) in [6.07, 6.45) is 6.24. The van der Waals surface area contributed by atoms with Gasteiger partial charge in [-0.1, -0.05) is 0 Å². The molecule has 2 aliphatic rings. The highest BCUT2D eigenvalue weighted by Gasteiger charge is 2.42. The largest absolute Gasteiger partial charge is 0.496 e. The maximum Gasteiger partial charge on any atom is 0.112 e. The van der Waals surface area contributed by atoms with Gasteiger partial charge in [0.05, 0.1) is 18.2 Å². The fourth-order valence-corrected chi connectivity index (χ4v) is 2.77. The number of allylic oxidation sites excluding steroid dienone is 1. The van der Waals surface area contributed by atoms with Crippen molar-refractivity contribution >= 4 is 0 Å². The molecule has 4 heteroatoms. The van der Waals surface area contributed by atoms with Crippen LogP contribution in [-0.2, 0) is 14.2 Å². The number of likely N-dealkylation sites (N-methyl/N-ethyl adjacent to an activating group) is 1. The molecular formula is C13H23NO3. The molecule has 1 unspecified atom stereocenters. The first kappa shape index (κ1) is 12.9. The van der Waals surface area contributed by atoms with Crippen LogP contribution in [0.3, 0.4) is 0 Å². The van der Waals surface area contributed by atoms with Gasteiger partial charge in [-0.2, -0.15) is 0 Å². The van der Waals surface area contributed by atoms with Gasteiger partial charge in [-0.05, 0) is 26.0 Å². The summed E-state index contributed by atoms with van der Waals surface area (Å²) in [4.78, 5) is 0. The van der Waals surface area contributed by atoms with Crippen molar-refractivity contribution in [1.29, 1.82) is 0 Å². The Morgan fingerprint density at radius 1 is 1.35 bits per heavy atom. The van der Waals surface area contributed by atoms with Gasteiger partial charge in [0.25, 0.3) is 0 Å². The van der Waals surface area contributed by atoms with Crippen molar-refractivity contribution < 1.29 is 14.2 Å². The van der Waals surface area contributed by atoms with Crippen LogP contribution in [0.5, 0.6) is 0 Å². The molecule has 0 aliphatic carbocycles. The summed E-state index contributed by atoms with van der Waals surface area (Å²) in [7, 11) is 3.76. The molecule has 0 aromatic rings. The smallest absolute Gasteiger partial charge is 0.112 e. The van der Waals surface area contributed by atoms with Gasteiger partial charge in [-0.25, -0.2) is 0 Å². The second-order valence-corrected chi connectivity index (χ2v) is 4.70. The quantitative estimate of drug-likeness (QED) is 0.809. The Bertz CT molecular complexity index is 272. The summed E-state index contributed by atoms with van der Waals surface area (Å²) in [5.41, 5.74) is -0.184. The Morgan fingerprint density at radius 2 is 2.12 bits per heavy atom. The highest BCUT2D eigenvalue weighted by atomic mass is 16.5. The predicted molar refractivity (Wildman–Crippen MR) is 65.9 cm³/mol. The van der Waals surface area contributed by atoms with Gasteiger partial charge in [0.15, 0.2) is 0 Å². The molecular weight excluding hydrogens is 218 g/mol. The number of hydrogen-bond acceptors (Lipinski definition) is 4. The van der Waals surface area contributed by atoms with Gasteiger partial charge in [0.2, 0.25) is 0 Å². The second kappa shape index (κ2) is 5.85. The summed E-state index contributed by atoms with van der Waals surface area (Å²) in [5.74, 6) is 1.04. The van der Waals surface area contributed by atoms with Crippen LogP contribution in [0.25, 0.3) is 0 Å². The van der Waals surface area contributed by atoms with Crippen LogP contribution in [-0.4, -0.2) is 45.6 Å². The first-order chi connectivity index (χ1) is 8.32. The van der Waals surface area contributed by atoms with E-state index in [1.54, 1.807) is 7.11 Å². The molecule has 0 radical (unpaired) electrons. The zero-order valence-corrected chi connectivity index (χ0v) is 10.8. The minimum absolute atomic E-state index is 0.136. The van der Waals surface area contributed by atoms with Crippen LogP contribution >= 0.6 is 0 Å². The van der Waals surface area contributed by atoms with E-state index >= 15 is 0 Å². The van der Waals surface area contributed by atoms with Gasteiger partial charge in [-0.3, -0.25) is 0 Å². The van der Waals surface area contributed by atoms with Crippen molar-refractivity contribution in [3.8, 4) is 0 Å². The summed E-state index contributed by atoms with van der Waals surface area (Å²) < 4.78 is 17.1. The Kier molecular flexibility index (Phi) is 4.42. The van der Waals surface area contributed by atoms with Gasteiger partial charge >= 0.3 is 0 Å². The van der Waals surface area contributed by atoms with Crippen LogP contribution in [0.2, 0.25) is 0 Å². The molecule has 1 atom stereocenters. The van der Waals surface area contributed by atoms with E-state index in [9.17, 15) is 0 Å². The van der Waals surface area contributed by atoms with Crippen LogP contribution in [0.4, 0.5) is 0 Å². The van der Waals surface area contributed by atoms with E-state index in [0.29, 0.717) is 0 Å². The summed E-state index contributed by atoms with van der Waals surface area (Å²) in [5, 5.41) is 3.36. The van der Waals surface area contributed by atoms with Gasteiger partial charge in [-0.15, -0.1) is 0 Å². The summed E-state index contributed by atoms with van der Waals surface area (Å²) in [6.45, 7) is 2.35. The third kappa shape index (κ3) is 2.64. The molecule has 4 nitrogen and oxygen atoms in total. The molecule has 0 saturated carbocycles. The molecule has 1 N–H and O–H groups in total.